The number of aromatic nitrogens is 1. The monoisotopic (exact) mass is 305 g/mol. The van der Waals surface area contributed by atoms with Crippen molar-refractivity contribution >= 4 is 15.8 Å². The lowest BCUT2D eigenvalue weighted by atomic mass is 10.2. The second-order valence-corrected chi connectivity index (χ2v) is 6.71. The summed E-state index contributed by atoms with van der Waals surface area (Å²) < 4.78 is 24.4. The minimum atomic E-state index is -3.39. The van der Waals surface area contributed by atoms with Crippen LogP contribution in [0.5, 0.6) is 0 Å². The number of rotatable bonds is 6. The van der Waals surface area contributed by atoms with Gasteiger partial charge < -0.3 is 5.11 Å². The molecule has 0 fully saturated rings. The van der Waals surface area contributed by atoms with Gasteiger partial charge in [0, 0.05) is 18.3 Å². The Morgan fingerprint density at radius 1 is 1.10 bits per heavy atom. The van der Waals surface area contributed by atoms with Gasteiger partial charge in [0.15, 0.2) is 9.84 Å². The molecule has 1 aromatic carbocycles. The molecule has 2 rings (SSSR count). The summed E-state index contributed by atoms with van der Waals surface area (Å²) in [6.45, 7) is 0. The van der Waals surface area contributed by atoms with Gasteiger partial charge in [0.1, 0.15) is 0 Å². The largest absolute Gasteiger partial charge is 0.481 e. The number of carboxylic acids is 1. The van der Waals surface area contributed by atoms with E-state index in [-0.39, 0.29) is 17.1 Å². The first-order valence-electron chi connectivity index (χ1n) is 6.41. The molecule has 2 aromatic rings. The maximum atomic E-state index is 12.2. The Hall–Kier alpha value is -2.21. The summed E-state index contributed by atoms with van der Waals surface area (Å²) in [5.41, 5.74) is 1.30. The molecule has 0 amide bonds. The van der Waals surface area contributed by atoms with Crippen LogP contribution in [0.2, 0.25) is 0 Å². The molecule has 0 bridgehead atoms. The second-order valence-electron chi connectivity index (χ2n) is 4.60. The summed E-state index contributed by atoms with van der Waals surface area (Å²) in [5.74, 6) is -0.969. The van der Waals surface area contributed by atoms with E-state index >= 15 is 0 Å². The fraction of sp³-hybridized carbons (Fsp3) is 0.200. The minimum absolute atomic E-state index is 0.0255. The molecule has 1 N–H and O–H groups in total. The highest BCUT2D eigenvalue weighted by molar-refractivity contribution is 7.91. The number of hydrogen-bond acceptors (Lipinski definition) is 4. The first kappa shape index (κ1) is 15.2. The van der Waals surface area contributed by atoms with Crippen LogP contribution in [0.15, 0.2) is 53.6 Å². The molecule has 0 aliphatic carbocycles. The van der Waals surface area contributed by atoms with Gasteiger partial charge >= 0.3 is 5.97 Å². The zero-order chi connectivity index (χ0) is 15.3. The molecule has 21 heavy (non-hydrogen) atoms. The third-order valence-corrected chi connectivity index (χ3v) is 4.72. The lowest BCUT2D eigenvalue weighted by Gasteiger charge is -2.05. The molecule has 0 radical (unpaired) electrons. The Bertz CT molecular complexity index is 709. The molecule has 0 aliphatic heterocycles. The number of carboxylic acid groups (broad SMARTS) is 1. The second kappa shape index (κ2) is 6.49. The molecule has 0 aliphatic rings. The zero-order valence-electron chi connectivity index (χ0n) is 11.3. The molecule has 0 atom stereocenters. The van der Waals surface area contributed by atoms with Crippen LogP contribution in [0, 0.1) is 0 Å². The number of pyridine rings is 1. The van der Waals surface area contributed by atoms with Crippen LogP contribution in [0.4, 0.5) is 0 Å². The Kier molecular flexibility index (Phi) is 4.70. The van der Waals surface area contributed by atoms with E-state index in [0.29, 0.717) is 12.0 Å². The molecular formula is C15H15NO4S. The summed E-state index contributed by atoms with van der Waals surface area (Å²) in [6, 6.07) is 11.3. The number of hydrogen-bond donors (Lipinski definition) is 1. The van der Waals surface area contributed by atoms with Gasteiger partial charge in [-0.05, 0) is 29.8 Å². The maximum Gasteiger partial charge on any atom is 0.307 e. The number of aliphatic carboxylic acids is 1. The quantitative estimate of drug-likeness (QED) is 0.878. The van der Waals surface area contributed by atoms with Crippen LogP contribution in [0.25, 0.3) is 0 Å². The minimum Gasteiger partial charge on any atom is -0.481 e. The van der Waals surface area contributed by atoms with Crippen LogP contribution in [0.1, 0.15) is 11.3 Å². The molecule has 0 spiro atoms. The van der Waals surface area contributed by atoms with Crippen molar-refractivity contribution in [3.63, 3.8) is 0 Å². The molecule has 0 saturated heterocycles. The average molecular weight is 305 g/mol. The van der Waals surface area contributed by atoms with Crippen molar-refractivity contribution in [1.82, 2.24) is 4.98 Å². The van der Waals surface area contributed by atoms with Gasteiger partial charge in [-0.25, -0.2) is 8.42 Å². The smallest absolute Gasteiger partial charge is 0.307 e. The Morgan fingerprint density at radius 3 is 2.38 bits per heavy atom. The average Bonchev–Trinajstić information content (AvgIpc) is 2.46. The van der Waals surface area contributed by atoms with E-state index in [1.54, 1.807) is 18.3 Å². The molecule has 5 nitrogen and oxygen atoms in total. The van der Waals surface area contributed by atoms with Crippen LogP contribution < -0.4 is 0 Å². The number of benzene rings is 1. The summed E-state index contributed by atoms with van der Waals surface area (Å²) in [6.07, 6.45) is 1.86. The topological polar surface area (TPSA) is 84.3 Å². The van der Waals surface area contributed by atoms with Crippen LogP contribution >= 0.6 is 0 Å². The fourth-order valence-electron chi connectivity index (χ4n) is 1.89. The summed E-state index contributed by atoms with van der Waals surface area (Å²) >= 11 is 0. The van der Waals surface area contributed by atoms with Crippen molar-refractivity contribution in [3.8, 4) is 0 Å². The van der Waals surface area contributed by atoms with Crippen molar-refractivity contribution in [2.45, 2.75) is 17.7 Å². The Labute approximate surface area is 123 Å². The SMILES string of the molecule is O=C(O)Cc1ccc(S(=O)(=O)CCc2ccccn2)cc1. The van der Waals surface area contributed by atoms with E-state index in [4.69, 9.17) is 5.11 Å². The van der Waals surface area contributed by atoms with Gasteiger partial charge in [0.2, 0.25) is 0 Å². The standard InChI is InChI=1S/C15H15NO4S/c17-15(18)11-12-4-6-14(7-5-12)21(19,20)10-8-13-3-1-2-9-16-13/h1-7,9H,8,10-11H2,(H,17,18). The highest BCUT2D eigenvalue weighted by atomic mass is 32.2. The van der Waals surface area contributed by atoms with Crippen molar-refractivity contribution in [1.29, 1.82) is 0 Å². The number of sulfone groups is 1. The molecule has 0 unspecified atom stereocenters. The third-order valence-electron chi connectivity index (χ3n) is 2.99. The normalized spacial score (nSPS) is 11.2. The van der Waals surface area contributed by atoms with Gasteiger partial charge in [-0.3, -0.25) is 9.78 Å². The van der Waals surface area contributed by atoms with Crippen molar-refractivity contribution in [3.05, 3.63) is 59.9 Å². The number of aryl methyl sites for hydroxylation is 1. The fourth-order valence-corrected chi connectivity index (χ4v) is 3.16. The Morgan fingerprint density at radius 2 is 1.81 bits per heavy atom. The predicted molar refractivity (Wildman–Crippen MR) is 77.8 cm³/mol. The van der Waals surface area contributed by atoms with E-state index in [0.717, 1.165) is 5.69 Å². The van der Waals surface area contributed by atoms with E-state index in [1.807, 2.05) is 6.07 Å². The summed E-state index contributed by atoms with van der Waals surface area (Å²) in [4.78, 5) is 14.9. The highest BCUT2D eigenvalue weighted by Gasteiger charge is 2.15. The van der Waals surface area contributed by atoms with Crippen molar-refractivity contribution in [2.24, 2.45) is 0 Å². The van der Waals surface area contributed by atoms with E-state index in [9.17, 15) is 13.2 Å². The van der Waals surface area contributed by atoms with E-state index in [1.165, 1.54) is 24.3 Å². The first-order valence-corrected chi connectivity index (χ1v) is 8.06. The number of carbonyl (C=O) groups is 1. The van der Waals surface area contributed by atoms with Gasteiger partial charge in [-0.1, -0.05) is 18.2 Å². The van der Waals surface area contributed by atoms with Crippen molar-refractivity contribution < 1.29 is 18.3 Å². The number of nitrogens with zero attached hydrogens (tertiary/aromatic N) is 1. The summed E-state index contributed by atoms with van der Waals surface area (Å²) in [5, 5.41) is 8.68. The zero-order valence-corrected chi connectivity index (χ0v) is 12.1. The van der Waals surface area contributed by atoms with E-state index in [2.05, 4.69) is 4.98 Å². The van der Waals surface area contributed by atoms with Gasteiger partial charge in [0.05, 0.1) is 17.1 Å². The Balaban J connectivity index is 2.07. The maximum absolute atomic E-state index is 12.2. The van der Waals surface area contributed by atoms with Crippen LogP contribution in [-0.4, -0.2) is 30.2 Å². The van der Waals surface area contributed by atoms with E-state index < -0.39 is 15.8 Å². The summed E-state index contributed by atoms with van der Waals surface area (Å²) in [7, 11) is -3.39. The molecule has 110 valence electrons. The predicted octanol–water partition coefficient (Wildman–Crippen LogP) is 1.73. The lowest BCUT2D eigenvalue weighted by molar-refractivity contribution is -0.136. The lowest BCUT2D eigenvalue weighted by Crippen LogP contribution is -2.10. The molecular weight excluding hydrogens is 290 g/mol. The third kappa shape index (κ3) is 4.39. The van der Waals surface area contributed by atoms with Crippen molar-refractivity contribution in [2.75, 3.05) is 5.75 Å². The van der Waals surface area contributed by atoms with Gasteiger partial charge in [-0.15, -0.1) is 0 Å². The van der Waals surface area contributed by atoms with Gasteiger partial charge in [0.25, 0.3) is 0 Å². The van der Waals surface area contributed by atoms with Gasteiger partial charge in [-0.2, -0.15) is 0 Å². The molecule has 0 saturated carbocycles. The van der Waals surface area contributed by atoms with Crippen LogP contribution in [0.3, 0.4) is 0 Å². The molecule has 6 heteroatoms. The molecule has 1 aromatic heterocycles. The van der Waals surface area contributed by atoms with Crippen LogP contribution in [-0.2, 0) is 27.5 Å². The first-order chi connectivity index (χ1) is 9.97. The molecule has 1 heterocycles. The highest BCUT2D eigenvalue weighted by Crippen LogP contribution is 2.14.